The van der Waals surface area contributed by atoms with Crippen molar-refractivity contribution in [3.8, 4) is 0 Å². The molecule has 0 aliphatic rings. The van der Waals surface area contributed by atoms with Gasteiger partial charge in [-0.3, -0.25) is 0 Å². The second-order valence-corrected chi connectivity index (χ2v) is 5.05. The minimum Gasteiger partial charge on any atom is -0.385 e. The average molecular weight is 290 g/mol. The second-order valence-electron chi connectivity index (χ2n) is 3.81. The molecule has 0 fully saturated rings. The number of aliphatic hydroxyl groups is 1. The molecule has 13 heavy (non-hydrogen) atoms. The summed E-state index contributed by atoms with van der Waals surface area (Å²) < 4.78 is 1.20. The van der Waals surface area contributed by atoms with Gasteiger partial charge in [0.15, 0.2) is 0 Å². The molecule has 0 heterocycles. The highest BCUT2D eigenvalue weighted by Crippen LogP contribution is 2.28. The van der Waals surface area contributed by atoms with Gasteiger partial charge in [0.2, 0.25) is 0 Å². The highest BCUT2D eigenvalue weighted by Gasteiger charge is 2.26. The highest BCUT2D eigenvalue weighted by atomic mass is 127. The Labute approximate surface area is 93.3 Å². The predicted molar refractivity (Wildman–Crippen MR) is 63.6 cm³/mol. The maximum absolute atomic E-state index is 10.2. The van der Waals surface area contributed by atoms with Crippen LogP contribution in [0.5, 0.6) is 0 Å². The Bertz CT molecular complexity index is 275. The Kier molecular flexibility index (Phi) is 3.35. The fourth-order valence-electron chi connectivity index (χ4n) is 1.12. The molecule has 1 atom stereocenters. The van der Waals surface area contributed by atoms with Gasteiger partial charge in [-0.05, 0) is 53.1 Å². The highest BCUT2D eigenvalue weighted by molar-refractivity contribution is 14.1. The summed E-state index contributed by atoms with van der Waals surface area (Å²) in [4.78, 5) is 0. The van der Waals surface area contributed by atoms with Crippen molar-refractivity contribution in [2.75, 3.05) is 0 Å². The Morgan fingerprint density at radius 2 is 1.69 bits per heavy atom. The van der Waals surface area contributed by atoms with Crippen LogP contribution in [0.3, 0.4) is 0 Å². The van der Waals surface area contributed by atoms with Crippen molar-refractivity contribution >= 4 is 22.6 Å². The van der Waals surface area contributed by atoms with Gasteiger partial charge in [-0.1, -0.05) is 26.0 Å². The summed E-state index contributed by atoms with van der Waals surface area (Å²) in [6.07, 6.45) is 0. The van der Waals surface area contributed by atoms with Gasteiger partial charge < -0.3 is 5.11 Å². The van der Waals surface area contributed by atoms with Crippen molar-refractivity contribution in [2.45, 2.75) is 26.4 Å². The minimum atomic E-state index is -0.718. The molecule has 0 aliphatic heterocycles. The fraction of sp³-hybridized carbons (Fsp3) is 0.455. The van der Waals surface area contributed by atoms with Gasteiger partial charge in [-0.2, -0.15) is 0 Å². The van der Waals surface area contributed by atoms with Gasteiger partial charge in [0.1, 0.15) is 0 Å². The lowest BCUT2D eigenvalue weighted by atomic mass is 9.85. The van der Waals surface area contributed by atoms with Crippen LogP contribution in [0.1, 0.15) is 26.3 Å². The standard InChI is InChI=1S/C11H15IO/c1-8(2)11(3,13)9-4-6-10(12)7-5-9/h4-8,13H,1-3H3. The molecule has 1 aromatic rings. The Morgan fingerprint density at radius 1 is 1.23 bits per heavy atom. The maximum atomic E-state index is 10.2. The molecule has 1 nitrogen and oxygen atoms in total. The maximum Gasteiger partial charge on any atom is 0.0891 e. The Hall–Kier alpha value is -0.0900. The van der Waals surface area contributed by atoms with Gasteiger partial charge in [-0.25, -0.2) is 0 Å². The molecular formula is C11H15IO. The molecule has 0 aliphatic carbocycles. The smallest absolute Gasteiger partial charge is 0.0891 e. The van der Waals surface area contributed by atoms with E-state index < -0.39 is 5.60 Å². The van der Waals surface area contributed by atoms with Crippen LogP contribution < -0.4 is 0 Å². The van der Waals surface area contributed by atoms with Crippen LogP contribution in [0.25, 0.3) is 0 Å². The summed E-state index contributed by atoms with van der Waals surface area (Å²) in [6, 6.07) is 8.02. The van der Waals surface area contributed by atoms with Crippen molar-refractivity contribution in [2.24, 2.45) is 5.92 Å². The van der Waals surface area contributed by atoms with Gasteiger partial charge >= 0.3 is 0 Å². The van der Waals surface area contributed by atoms with Gasteiger partial charge in [0.25, 0.3) is 0 Å². The number of hydrogen-bond acceptors (Lipinski definition) is 1. The van der Waals surface area contributed by atoms with Crippen LogP contribution in [0.2, 0.25) is 0 Å². The zero-order valence-corrected chi connectivity index (χ0v) is 10.4. The van der Waals surface area contributed by atoms with Crippen LogP contribution in [0.15, 0.2) is 24.3 Å². The molecule has 0 radical (unpaired) electrons. The molecular weight excluding hydrogens is 275 g/mol. The summed E-state index contributed by atoms with van der Waals surface area (Å²) in [5.41, 5.74) is 0.271. The molecule has 0 saturated heterocycles. The molecule has 0 aromatic heterocycles. The largest absolute Gasteiger partial charge is 0.385 e. The zero-order chi connectivity index (χ0) is 10.1. The first-order chi connectivity index (χ1) is 5.94. The van der Waals surface area contributed by atoms with E-state index in [1.807, 2.05) is 45.0 Å². The van der Waals surface area contributed by atoms with Crippen LogP contribution in [0, 0.1) is 9.49 Å². The number of hydrogen-bond donors (Lipinski definition) is 1. The van der Waals surface area contributed by atoms with Crippen LogP contribution in [0.4, 0.5) is 0 Å². The molecule has 1 aromatic carbocycles. The minimum absolute atomic E-state index is 0.229. The second kappa shape index (κ2) is 3.96. The first-order valence-corrected chi connectivity index (χ1v) is 5.51. The Balaban J connectivity index is 3.01. The van der Waals surface area contributed by atoms with E-state index in [-0.39, 0.29) is 5.92 Å². The lowest BCUT2D eigenvalue weighted by Crippen LogP contribution is -2.27. The molecule has 2 heteroatoms. The van der Waals surface area contributed by atoms with E-state index in [1.54, 1.807) is 0 Å². The van der Waals surface area contributed by atoms with Crippen molar-refractivity contribution in [1.29, 1.82) is 0 Å². The molecule has 0 bridgehead atoms. The molecule has 0 amide bonds. The normalized spacial score (nSPS) is 15.8. The summed E-state index contributed by atoms with van der Waals surface area (Å²) in [5.74, 6) is 0.229. The fourth-order valence-corrected chi connectivity index (χ4v) is 1.48. The molecule has 0 saturated carbocycles. The van der Waals surface area contributed by atoms with E-state index in [0.29, 0.717) is 0 Å². The lowest BCUT2D eigenvalue weighted by molar-refractivity contribution is 0.00904. The van der Waals surface area contributed by atoms with Gasteiger partial charge in [-0.15, -0.1) is 0 Å². The molecule has 1 unspecified atom stereocenters. The first kappa shape index (κ1) is 11.0. The van der Waals surface area contributed by atoms with E-state index in [2.05, 4.69) is 22.6 Å². The van der Waals surface area contributed by atoms with E-state index in [1.165, 1.54) is 3.57 Å². The molecule has 1 rings (SSSR count). The average Bonchev–Trinajstić information content (AvgIpc) is 2.04. The van der Waals surface area contributed by atoms with Gasteiger partial charge in [0.05, 0.1) is 5.60 Å². The molecule has 72 valence electrons. The third-order valence-electron chi connectivity index (χ3n) is 2.55. The lowest BCUT2D eigenvalue weighted by Gasteiger charge is -2.28. The van der Waals surface area contributed by atoms with Crippen molar-refractivity contribution in [3.63, 3.8) is 0 Å². The monoisotopic (exact) mass is 290 g/mol. The van der Waals surface area contributed by atoms with Crippen molar-refractivity contribution in [3.05, 3.63) is 33.4 Å². The van der Waals surface area contributed by atoms with Crippen LogP contribution in [-0.4, -0.2) is 5.11 Å². The number of rotatable bonds is 2. The van der Waals surface area contributed by atoms with Gasteiger partial charge in [0, 0.05) is 3.57 Å². The van der Waals surface area contributed by atoms with Crippen LogP contribution in [-0.2, 0) is 5.60 Å². The SMILES string of the molecule is CC(C)C(C)(O)c1ccc(I)cc1. The summed E-state index contributed by atoms with van der Waals surface area (Å²) in [7, 11) is 0. The quantitative estimate of drug-likeness (QED) is 0.830. The summed E-state index contributed by atoms with van der Waals surface area (Å²) >= 11 is 2.26. The van der Waals surface area contributed by atoms with Crippen LogP contribution >= 0.6 is 22.6 Å². The van der Waals surface area contributed by atoms with Crippen molar-refractivity contribution < 1.29 is 5.11 Å². The van der Waals surface area contributed by atoms with Crippen molar-refractivity contribution in [1.82, 2.24) is 0 Å². The van der Waals surface area contributed by atoms with E-state index in [4.69, 9.17) is 0 Å². The summed E-state index contributed by atoms with van der Waals surface area (Å²) in [6.45, 7) is 5.91. The first-order valence-electron chi connectivity index (χ1n) is 4.43. The third-order valence-corrected chi connectivity index (χ3v) is 3.27. The van der Waals surface area contributed by atoms with E-state index in [0.717, 1.165) is 5.56 Å². The summed E-state index contributed by atoms with van der Waals surface area (Å²) in [5, 5.41) is 10.2. The molecule has 0 spiro atoms. The predicted octanol–water partition coefficient (Wildman–Crippen LogP) is 3.15. The topological polar surface area (TPSA) is 20.2 Å². The number of benzene rings is 1. The van der Waals surface area contributed by atoms with E-state index in [9.17, 15) is 5.11 Å². The molecule has 1 N–H and O–H groups in total. The third kappa shape index (κ3) is 2.44. The number of halogens is 1. The van der Waals surface area contributed by atoms with E-state index >= 15 is 0 Å². The Morgan fingerprint density at radius 3 is 2.08 bits per heavy atom. The zero-order valence-electron chi connectivity index (χ0n) is 8.21.